The van der Waals surface area contributed by atoms with Crippen LogP contribution in [0.15, 0.2) is 30.2 Å². The van der Waals surface area contributed by atoms with Gasteiger partial charge in [0.2, 0.25) is 5.91 Å². The van der Waals surface area contributed by atoms with Gasteiger partial charge in [-0.05, 0) is 30.7 Å². The Morgan fingerprint density at radius 1 is 1.45 bits per heavy atom. The number of carbonyl (C=O) groups is 2. The lowest BCUT2D eigenvalue weighted by molar-refractivity contribution is -0.141. The van der Waals surface area contributed by atoms with E-state index in [2.05, 4.69) is 6.58 Å². The standard InChI is InChI=1S/C15H19NO3S/c1-2-7-16(10-13-4-3-8-20-13)14(17)11-5-6-12(9-11)15(18)19/h2-4,8,11-12H,1,5-7,9-10H2,(H,18,19)/t11-,12+/m0/s1. The fourth-order valence-electron chi connectivity index (χ4n) is 2.67. The zero-order valence-electron chi connectivity index (χ0n) is 11.3. The number of carboxylic acids is 1. The van der Waals surface area contributed by atoms with Crippen LogP contribution in [0, 0.1) is 11.8 Å². The third kappa shape index (κ3) is 3.48. The van der Waals surface area contributed by atoms with Crippen molar-refractivity contribution in [3.05, 3.63) is 35.0 Å². The fraction of sp³-hybridized carbons (Fsp3) is 0.467. The number of aliphatic carboxylic acids is 1. The summed E-state index contributed by atoms with van der Waals surface area (Å²) >= 11 is 1.62. The summed E-state index contributed by atoms with van der Waals surface area (Å²) in [4.78, 5) is 26.4. The molecule has 0 bridgehead atoms. The van der Waals surface area contributed by atoms with E-state index in [1.165, 1.54) is 0 Å². The van der Waals surface area contributed by atoms with Gasteiger partial charge in [-0.2, -0.15) is 0 Å². The van der Waals surface area contributed by atoms with Crippen molar-refractivity contribution < 1.29 is 14.7 Å². The summed E-state index contributed by atoms with van der Waals surface area (Å²) in [5, 5.41) is 11.0. The maximum atomic E-state index is 12.5. The second-order valence-corrected chi connectivity index (χ2v) is 6.16. The summed E-state index contributed by atoms with van der Waals surface area (Å²) in [5.74, 6) is -1.25. The van der Waals surface area contributed by atoms with Gasteiger partial charge in [0.15, 0.2) is 0 Å². The quantitative estimate of drug-likeness (QED) is 0.820. The van der Waals surface area contributed by atoms with Crippen LogP contribution in [-0.2, 0) is 16.1 Å². The summed E-state index contributed by atoms with van der Waals surface area (Å²) in [5.41, 5.74) is 0. The molecule has 2 atom stereocenters. The molecule has 1 aromatic rings. The summed E-state index contributed by atoms with van der Waals surface area (Å²) in [7, 11) is 0. The first-order valence-electron chi connectivity index (χ1n) is 6.76. The number of nitrogens with zero attached hydrogens (tertiary/aromatic N) is 1. The molecule has 0 aliphatic heterocycles. The van der Waals surface area contributed by atoms with Gasteiger partial charge in [-0.1, -0.05) is 12.1 Å². The average molecular weight is 293 g/mol. The molecule has 0 unspecified atom stereocenters. The van der Waals surface area contributed by atoms with Gasteiger partial charge in [0.1, 0.15) is 0 Å². The van der Waals surface area contributed by atoms with Crippen molar-refractivity contribution in [1.29, 1.82) is 0 Å². The molecule has 108 valence electrons. The molecule has 5 heteroatoms. The molecule has 0 radical (unpaired) electrons. The molecule has 1 aromatic heterocycles. The van der Waals surface area contributed by atoms with Gasteiger partial charge in [0.05, 0.1) is 12.5 Å². The van der Waals surface area contributed by atoms with Crippen LogP contribution in [0.3, 0.4) is 0 Å². The maximum Gasteiger partial charge on any atom is 0.306 e. The molecule has 0 spiro atoms. The van der Waals surface area contributed by atoms with E-state index in [-0.39, 0.29) is 17.7 Å². The Hall–Kier alpha value is -1.62. The first-order valence-corrected chi connectivity index (χ1v) is 7.64. The Labute approximate surface area is 122 Å². The second-order valence-electron chi connectivity index (χ2n) is 5.13. The van der Waals surface area contributed by atoms with Gasteiger partial charge in [-0.25, -0.2) is 0 Å². The zero-order chi connectivity index (χ0) is 14.5. The first-order chi connectivity index (χ1) is 9.61. The lowest BCUT2D eigenvalue weighted by Crippen LogP contribution is -2.35. The summed E-state index contributed by atoms with van der Waals surface area (Å²) in [6.45, 7) is 4.78. The summed E-state index contributed by atoms with van der Waals surface area (Å²) in [6.07, 6.45) is 3.46. The molecule has 1 heterocycles. The minimum absolute atomic E-state index is 0.0575. The van der Waals surface area contributed by atoms with E-state index in [1.807, 2.05) is 17.5 Å². The number of carboxylic acid groups (broad SMARTS) is 1. The van der Waals surface area contributed by atoms with Gasteiger partial charge in [0.25, 0.3) is 0 Å². The fourth-order valence-corrected chi connectivity index (χ4v) is 3.39. The van der Waals surface area contributed by atoms with Crippen molar-refractivity contribution in [2.24, 2.45) is 11.8 Å². The molecule has 1 amide bonds. The van der Waals surface area contributed by atoms with Gasteiger partial charge < -0.3 is 10.0 Å². The van der Waals surface area contributed by atoms with E-state index < -0.39 is 5.97 Å². The van der Waals surface area contributed by atoms with Crippen LogP contribution in [0.5, 0.6) is 0 Å². The van der Waals surface area contributed by atoms with Gasteiger partial charge in [-0.3, -0.25) is 9.59 Å². The van der Waals surface area contributed by atoms with Crippen LogP contribution in [0.1, 0.15) is 24.1 Å². The lowest BCUT2D eigenvalue weighted by Gasteiger charge is -2.24. The first kappa shape index (κ1) is 14.8. The maximum absolute atomic E-state index is 12.5. The molecule has 1 aliphatic carbocycles. The lowest BCUT2D eigenvalue weighted by atomic mass is 10.0. The van der Waals surface area contributed by atoms with Crippen LogP contribution in [0.2, 0.25) is 0 Å². The zero-order valence-corrected chi connectivity index (χ0v) is 12.1. The Bertz CT molecular complexity index is 483. The van der Waals surface area contributed by atoms with Crippen LogP contribution >= 0.6 is 11.3 Å². The minimum atomic E-state index is -0.783. The molecule has 1 saturated carbocycles. The van der Waals surface area contributed by atoms with Crippen molar-refractivity contribution in [3.63, 3.8) is 0 Å². The minimum Gasteiger partial charge on any atom is -0.481 e. The van der Waals surface area contributed by atoms with E-state index >= 15 is 0 Å². The molecule has 1 N–H and O–H groups in total. The Balaban J connectivity index is 2.00. The predicted molar refractivity (Wildman–Crippen MR) is 78.4 cm³/mol. The van der Waals surface area contributed by atoms with E-state index in [0.29, 0.717) is 32.4 Å². The molecule has 0 aromatic carbocycles. The van der Waals surface area contributed by atoms with E-state index in [1.54, 1.807) is 22.3 Å². The van der Waals surface area contributed by atoms with Crippen molar-refractivity contribution in [2.45, 2.75) is 25.8 Å². The van der Waals surface area contributed by atoms with Crippen LogP contribution in [0.4, 0.5) is 0 Å². The number of rotatable bonds is 6. The molecular weight excluding hydrogens is 274 g/mol. The molecule has 1 fully saturated rings. The van der Waals surface area contributed by atoms with Crippen LogP contribution in [-0.4, -0.2) is 28.4 Å². The van der Waals surface area contributed by atoms with Crippen LogP contribution < -0.4 is 0 Å². The highest BCUT2D eigenvalue weighted by Crippen LogP contribution is 2.32. The third-order valence-corrected chi connectivity index (χ3v) is 4.58. The summed E-state index contributed by atoms with van der Waals surface area (Å²) in [6, 6.07) is 3.97. The highest BCUT2D eigenvalue weighted by atomic mass is 32.1. The Morgan fingerprint density at radius 3 is 2.75 bits per heavy atom. The molecular formula is C15H19NO3S. The van der Waals surface area contributed by atoms with Crippen molar-refractivity contribution in [3.8, 4) is 0 Å². The van der Waals surface area contributed by atoms with Gasteiger partial charge in [-0.15, -0.1) is 17.9 Å². The molecule has 4 nitrogen and oxygen atoms in total. The Kier molecular flexibility index (Phi) is 4.95. The predicted octanol–water partition coefficient (Wildman–Crippen LogP) is 2.76. The van der Waals surface area contributed by atoms with E-state index in [9.17, 15) is 9.59 Å². The SMILES string of the molecule is C=CCN(Cc1cccs1)C(=O)[C@H]1CC[C@@H](C(=O)O)C1. The number of hydrogen-bond donors (Lipinski definition) is 1. The van der Waals surface area contributed by atoms with Crippen LogP contribution in [0.25, 0.3) is 0 Å². The van der Waals surface area contributed by atoms with E-state index in [4.69, 9.17) is 5.11 Å². The molecule has 1 aliphatic rings. The smallest absolute Gasteiger partial charge is 0.306 e. The summed E-state index contributed by atoms with van der Waals surface area (Å²) < 4.78 is 0. The second kappa shape index (κ2) is 6.70. The number of hydrogen-bond acceptors (Lipinski definition) is 3. The normalized spacial score (nSPS) is 21.6. The van der Waals surface area contributed by atoms with E-state index in [0.717, 1.165) is 4.88 Å². The molecule has 20 heavy (non-hydrogen) atoms. The average Bonchev–Trinajstić information content (AvgIpc) is 3.08. The third-order valence-electron chi connectivity index (χ3n) is 3.72. The highest BCUT2D eigenvalue weighted by molar-refractivity contribution is 7.09. The number of amides is 1. The van der Waals surface area contributed by atoms with Gasteiger partial charge in [0, 0.05) is 17.3 Å². The van der Waals surface area contributed by atoms with Crippen molar-refractivity contribution in [1.82, 2.24) is 4.90 Å². The topological polar surface area (TPSA) is 57.6 Å². The highest BCUT2D eigenvalue weighted by Gasteiger charge is 2.35. The van der Waals surface area contributed by atoms with Gasteiger partial charge >= 0.3 is 5.97 Å². The van der Waals surface area contributed by atoms with Crippen molar-refractivity contribution >= 4 is 23.2 Å². The number of carbonyl (C=O) groups excluding carboxylic acids is 1. The Morgan fingerprint density at radius 2 is 2.20 bits per heavy atom. The monoisotopic (exact) mass is 293 g/mol. The van der Waals surface area contributed by atoms with Crippen molar-refractivity contribution in [2.75, 3.05) is 6.54 Å². The largest absolute Gasteiger partial charge is 0.481 e. The molecule has 0 saturated heterocycles. The number of thiophene rings is 1. The molecule has 2 rings (SSSR count).